The zero-order chi connectivity index (χ0) is 14.8. The third-order valence-electron chi connectivity index (χ3n) is 3.60. The third-order valence-corrected chi connectivity index (χ3v) is 3.60. The smallest absolute Gasteiger partial charge is 0.379 e. The van der Waals surface area contributed by atoms with Crippen LogP contribution in [0.4, 0.5) is 13.2 Å². The topological polar surface area (TPSA) is 38.5 Å². The zero-order valence-electron chi connectivity index (χ0n) is 11.4. The summed E-state index contributed by atoms with van der Waals surface area (Å²) >= 11 is 0. The molecule has 0 aliphatic carbocycles. The van der Waals surface area contributed by atoms with Crippen LogP contribution in [0.15, 0.2) is 24.3 Å². The van der Waals surface area contributed by atoms with E-state index < -0.39 is 11.7 Å². The standard InChI is InChI=1S/C14H19F3N2O/c1-10-9-20-7-6-19(10)8-13(18)11-2-4-12(5-3-11)14(15,16)17/h2-5,10,13H,6-9,18H2,1H3. The van der Waals surface area contributed by atoms with E-state index in [-0.39, 0.29) is 12.1 Å². The number of nitrogens with zero attached hydrogens (tertiary/aromatic N) is 1. The molecule has 0 spiro atoms. The normalized spacial score (nSPS) is 22.8. The molecule has 2 unspecified atom stereocenters. The highest BCUT2D eigenvalue weighted by atomic mass is 19.4. The molecule has 0 aromatic heterocycles. The van der Waals surface area contributed by atoms with Gasteiger partial charge in [-0.2, -0.15) is 13.2 Å². The molecule has 0 bridgehead atoms. The molecule has 1 fully saturated rings. The van der Waals surface area contributed by atoms with Crippen molar-refractivity contribution in [2.24, 2.45) is 5.73 Å². The number of rotatable bonds is 3. The molecule has 1 aliphatic rings. The fourth-order valence-electron chi connectivity index (χ4n) is 2.31. The lowest BCUT2D eigenvalue weighted by Gasteiger charge is -2.35. The van der Waals surface area contributed by atoms with Crippen LogP contribution in [0.3, 0.4) is 0 Å². The van der Waals surface area contributed by atoms with E-state index >= 15 is 0 Å². The quantitative estimate of drug-likeness (QED) is 0.928. The van der Waals surface area contributed by atoms with Gasteiger partial charge in [0.1, 0.15) is 0 Å². The second-order valence-corrected chi connectivity index (χ2v) is 5.15. The van der Waals surface area contributed by atoms with Gasteiger partial charge in [-0.25, -0.2) is 0 Å². The molecule has 6 heteroatoms. The van der Waals surface area contributed by atoms with Crippen molar-refractivity contribution in [2.45, 2.75) is 25.2 Å². The van der Waals surface area contributed by atoms with Gasteiger partial charge in [-0.05, 0) is 24.6 Å². The number of morpholine rings is 1. The molecule has 0 amide bonds. The Morgan fingerprint density at radius 1 is 1.35 bits per heavy atom. The van der Waals surface area contributed by atoms with Crippen molar-refractivity contribution in [3.63, 3.8) is 0 Å². The average Bonchev–Trinajstić information content (AvgIpc) is 2.40. The molecule has 1 heterocycles. The first-order valence-electron chi connectivity index (χ1n) is 6.62. The van der Waals surface area contributed by atoms with E-state index in [1.54, 1.807) is 0 Å². The van der Waals surface area contributed by atoms with Crippen LogP contribution in [0.2, 0.25) is 0 Å². The molecule has 1 aliphatic heterocycles. The molecular formula is C14H19F3N2O. The molecule has 1 aromatic rings. The van der Waals surface area contributed by atoms with Crippen molar-refractivity contribution < 1.29 is 17.9 Å². The Bertz CT molecular complexity index is 433. The average molecular weight is 288 g/mol. The van der Waals surface area contributed by atoms with Gasteiger partial charge in [0.15, 0.2) is 0 Å². The summed E-state index contributed by atoms with van der Waals surface area (Å²) < 4.78 is 42.8. The van der Waals surface area contributed by atoms with Crippen LogP contribution in [0.25, 0.3) is 0 Å². The summed E-state index contributed by atoms with van der Waals surface area (Å²) in [6.45, 7) is 4.81. The van der Waals surface area contributed by atoms with E-state index in [0.717, 1.165) is 24.2 Å². The molecule has 0 radical (unpaired) electrons. The van der Waals surface area contributed by atoms with E-state index in [1.165, 1.54) is 12.1 Å². The van der Waals surface area contributed by atoms with Crippen LogP contribution >= 0.6 is 0 Å². The van der Waals surface area contributed by atoms with Gasteiger partial charge >= 0.3 is 6.18 Å². The van der Waals surface area contributed by atoms with Crippen LogP contribution < -0.4 is 5.73 Å². The number of benzene rings is 1. The molecule has 1 saturated heterocycles. The lowest BCUT2D eigenvalue weighted by Crippen LogP contribution is -2.46. The lowest BCUT2D eigenvalue weighted by molar-refractivity contribution is -0.137. The molecular weight excluding hydrogens is 269 g/mol. The Kier molecular flexibility index (Phi) is 4.67. The van der Waals surface area contributed by atoms with Crippen molar-refractivity contribution in [1.82, 2.24) is 4.90 Å². The van der Waals surface area contributed by atoms with Crippen molar-refractivity contribution in [3.05, 3.63) is 35.4 Å². The van der Waals surface area contributed by atoms with Crippen LogP contribution in [-0.2, 0) is 10.9 Å². The van der Waals surface area contributed by atoms with E-state index in [0.29, 0.717) is 19.8 Å². The molecule has 0 saturated carbocycles. The Labute approximate surface area is 116 Å². The maximum absolute atomic E-state index is 12.5. The number of halogens is 3. The lowest BCUT2D eigenvalue weighted by atomic mass is 10.0. The Balaban J connectivity index is 2.00. The second kappa shape index (κ2) is 6.11. The molecule has 20 heavy (non-hydrogen) atoms. The SMILES string of the molecule is CC1COCCN1CC(N)c1ccc(C(F)(F)F)cc1. The van der Waals surface area contributed by atoms with Gasteiger partial charge in [-0.1, -0.05) is 12.1 Å². The summed E-state index contributed by atoms with van der Waals surface area (Å²) in [6, 6.07) is 5.06. The number of nitrogens with two attached hydrogens (primary N) is 1. The summed E-state index contributed by atoms with van der Waals surface area (Å²) in [4.78, 5) is 2.20. The van der Waals surface area contributed by atoms with Crippen molar-refractivity contribution in [2.75, 3.05) is 26.3 Å². The zero-order valence-corrected chi connectivity index (χ0v) is 11.4. The molecule has 112 valence electrons. The summed E-state index contributed by atoms with van der Waals surface area (Å²) in [5, 5.41) is 0. The first-order valence-corrected chi connectivity index (χ1v) is 6.62. The molecule has 1 aromatic carbocycles. The molecule has 2 N–H and O–H groups in total. The van der Waals surface area contributed by atoms with Gasteiger partial charge in [0.25, 0.3) is 0 Å². The van der Waals surface area contributed by atoms with Crippen molar-refractivity contribution >= 4 is 0 Å². The van der Waals surface area contributed by atoms with Crippen molar-refractivity contribution in [3.8, 4) is 0 Å². The highest BCUT2D eigenvalue weighted by molar-refractivity contribution is 5.26. The number of hydrogen-bond donors (Lipinski definition) is 1. The molecule has 3 nitrogen and oxygen atoms in total. The van der Waals surface area contributed by atoms with Gasteiger partial charge in [-0.3, -0.25) is 4.90 Å². The van der Waals surface area contributed by atoms with Crippen LogP contribution in [0.5, 0.6) is 0 Å². The maximum Gasteiger partial charge on any atom is 0.416 e. The Hall–Kier alpha value is -1.11. The summed E-state index contributed by atoms with van der Waals surface area (Å²) in [7, 11) is 0. The van der Waals surface area contributed by atoms with E-state index in [2.05, 4.69) is 11.8 Å². The van der Waals surface area contributed by atoms with E-state index in [9.17, 15) is 13.2 Å². The fourth-order valence-corrected chi connectivity index (χ4v) is 2.31. The summed E-state index contributed by atoms with van der Waals surface area (Å²) in [6.07, 6.45) is -4.30. The highest BCUT2D eigenvalue weighted by Crippen LogP contribution is 2.29. The van der Waals surface area contributed by atoms with Crippen LogP contribution in [0.1, 0.15) is 24.1 Å². The van der Waals surface area contributed by atoms with Crippen LogP contribution in [0, 0.1) is 0 Å². The van der Waals surface area contributed by atoms with E-state index in [1.807, 2.05) is 0 Å². The number of ether oxygens (including phenoxy) is 1. The third kappa shape index (κ3) is 3.71. The van der Waals surface area contributed by atoms with Crippen molar-refractivity contribution in [1.29, 1.82) is 0 Å². The summed E-state index contributed by atoms with van der Waals surface area (Å²) in [5.74, 6) is 0. The fraction of sp³-hybridized carbons (Fsp3) is 0.571. The second-order valence-electron chi connectivity index (χ2n) is 5.15. The van der Waals surface area contributed by atoms with Gasteiger partial charge in [0, 0.05) is 25.2 Å². The minimum atomic E-state index is -4.30. The van der Waals surface area contributed by atoms with Crippen LogP contribution in [-0.4, -0.2) is 37.2 Å². The van der Waals surface area contributed by atoms with Gasteiger partial charge in [0.2, 0.25) is 0 Å². The predicted molar refractivity (Wildman–Crippen MR) is 70.2 cm³/mol. The minimum absolute atomic E-state index is 0.282. The van der Waals surface area contributed by atoms with Gasteiger partial charge in [0.05, 0.1) is 18.8 Å². The predicted octanol–water partition coefficient (Wildman–Crippen LogP) is 2.43. The Morgan fingerprint density at radius 2 is 2.00 bits per heavy atom. The highest BCUT2D eigenvalue weighted by Gasteiger charge is 2.30. The number of alkyl halides is 3. The maximum atomic E-state index is 12.5. The Morgan fingerprint density at radius 3 is 2.55 bits per heavy atom. The largest absolute Gasteiger partial charge is 0.416 e. The summed E-state index contributed by atoms with van der Waals surface area (Å²) in [5.41, 5.74) is 6.16. The van der Waals surface area contributed by atoms with E-state index in [4.69, 9.17) is 10.5 Å². The molecule has 2 atom stereocenters. The first-order chi connectivity index (χ1) is 9.38. The van der Waals surface area contributed by atoms with Gasteiger partial charge in [-0.15, -0.1) is 0 Å². The monoisotopic (exact) mass is 288 g/mol. The first kappa shape index (κ1) is 15.3. The minimum Gasteiger partial charge on any atom is -0.379 e. The van der Waals surface area contributed by atoms with Gasteiger partial charge < -0.3 is 10.5 Å². The molecule has 2 rings (SSSR count). The number of hydrogen-bond acceptors (Lipinski definition) is 3.